The van der Waals surface area contributed by atoms with Gasteiger partial charge in [0.05, 0.1) is 6.04 Å². The van der Waals surface area contributed by atoms with Gasteiger partial charge in [-0.1, -0.05) is 18.2 Å². The third-order valence-electron chi connectivity index (χ3n) is 5.10. The Morgan fingerprint density at radius 3 is 2.29 bits per heavy atom. The number of H-pyrrole nitrogens is 1. The van der Waals surface area contributed by atoms with E-state index in [1.54, 1.807) is 6.20 Å². The molecule has 0 aliphatic heterocycles. The van der Waals surface area contributed by atoms with Crippen molar-refractivity contribution in [2.45, 2.75) is 50.2 Å². The first-order chi connectivity index (χ1) is 14.9. The normalized spacial score (nSPS) is 14.0. The third kappa shape index (κ3) is 7.06. The SMILES string of the molecule is NCCC[C@H](NC(=O)[C@@H](N)CCCN)C(=O)N[C@@H](Cc1c[nH]c2ccccc12)C(=O)O. The van der Waals surface area contributed by atoms with E-state index in [0.717, 1.165) is 16.5 Å². The molecule has 2 rings (SSSR count). The fraction of sp³-hybridized carbons (Fsp3) is 0.476. The van der Waals surface area contributed by atoms with Crippen LogP contribution in [0.1, 0.15) is 31.2 Å². The molecule has 170 valence electrons. The Labute approximate surface area is 180 Å². The number of aromatic amines is 1. The molecular formula is C21H32N6O4. The van der Waals surface area contributed by atoms with Crippen molar-refractivity contribution in [3.05, 3.63) is 36.0 Å². The standard InChI is InChI=1S/C21H32N6O4/c22-9-3-6-15(24)19(28)26-17(8-4-10-23)20(29)27-18(21(30)31)11-13-12-25-16-7-2-1-5-14(13)16/h1-2,5,7,12,15,17-18,25H,3-4,6,8-11,22-24H2,(H,26,28)(H,27,29)(H,30,31)/t15-,17-,18-/m0/s1. The van der Waals surface area contributed by atoms with Gasteiger partial charge in [0.15, 0.2) is 0 Å². The van der Waals surface area contributed by atoms with Crippen LogP contribution in [0.2, 0.25) is 0 Å². The highest BCUT2D eigenvalue weighted by Gasteiger charge is 2.28. The van der Waals surface area contributed by atoms with Crippen LogP contribution in [-0.2, 0) is 20.8 Å². The average Bonchev–Trinajstić information content (AvgIpc) is 3.16. The zero-order valence-electron chi connectivity index (χ0n) is 17.5. The Balaban J connectivity index is 2.08. The van der Waals surface area contributed by atoms with Gasteiger partial charge in [0, 0.05) is 23.5 Å². The van der Waals surface area contributed by atoms with Gasteiger partial charge < -0.3 is 37.9 Å². The fourth-order valence-corrected chi connectivity index (χ4v) is 3.33. The summed E-state index contributed by atoms with van der Waals surface area (Å²) >= 11 is 0. The zero-order valence-corrected chi connectivity index (χ0v) is 17.5. The maximum atomic E-state index is 12.8. The van der Waals surface area contributed by atoms with Crippen LogP contribution in [0.15, 0.2) is 30.5 Å². The molecule has 10 N–H and O–H groups in total. The van der Waals surface area contributed by atoms with Gasteiger partial charge in [0.2, 0.25) is 11.8 Å². The largest absolute Gasteiger partial charge is 0.480 e. The second-order valence-electron chi connectivity index (χ2n) is 7.49. The molecule has 31 heavy (non-hydrogen) atoms. The van der Waals surface area contributed by atoms with Gasteiger partial charge in [-0.2, -0.15) is 0 Å². The summed E-state index contributed by atoms with van der Waals surface area (Å²) in [5.41, 5.74) is 18.5. The number of carbonyl (C=O) groups is 3. The first kappa shape index (κ1) is 24.3. The lowest BCUT2D eigenvalue weighted by atomic mass is 10.0. The van der Waals surface area contributed by atoms with Crippen molar-refractivity contribution in [2.24, 2.45) is 17.2 Å². The third-order valence-corrected chi connectivity index (χ3v) is 5.10. The molecule has 0 bridgehead atoms. The highest BCUT2D eigenvalue weighted by atomic mass is 16.4. The Morgan fingerprint density at radius 1 is 0.968 bits per heavy atom. The molecule has 3 atom stereocenters. The van der Waals surface area contributed by atoms with E-state index in [-0.39, 0.29) is 12.8 Å². The van der Waals surface area contributed by atoms with Gasteiger partial charge in [-0.3, -0.25) is 9.59 Å². The first-order valence-electron chi connectivity index (χ1n) is 10.4. The second-order valence-corrected chi connectivity index (χ2v) is 7.49. The van der Waals surface area contributed by atoms with Gasteiger partial charge in [0.25, 0.3) is 0 Å². The maximum Gasteiger partial charge on any atom is 0.326 e. The van der Waals surface area contributed by atoms with E-state index in [2.05, 4.69) is 15.6 Å². The van der Waals surface area contributed by atoms with Gasteiger partial charge >= 0.3 is 5.97 Å². The summed E-state index contributed by atoms with van der Waals surface area (Å²) in [5, 5.41) is 15.7. The van der Waals surface area contributed by atoms with E-state index in [4.69, 9.17) is 17.2 Å². The summed E-state index contributed by atoms with van der Waals surface area (Å²) in [6.45, 7) is 0.739. The number of aliphatic carboxylic acids is 1. The zero-order chi connectivity index (χ0) is 22.8. The second kappa shape index (κ2) is 12.0. The summed E-state index contributed by atoms with van der Waals surface area (Å²) in [4.78, 5) is 40.1. The summed E-state index contributed by atoms with van der Waals surface area (Å²) in [5.74, 6) is -2.23. The molecular weight excluding hydrogens is 400 g/mol. The summed E-state index contributed by atoms with van der Waals surface area (Å²) in [6.07, 6.45) is 3.56. The predicted octanol–water partition coefficient (Wildman–Crippen LogP) is -0.430. The van der Waals surface area contributed by atoms with Crippen molar-refractivity contribution in [3.8, 4) is 0 Å². The summed E-state index contributed by atoms with van der Waals surface area (Å²) in [7, 11) is 0. The number of nitrogens with one attached hydrogen (secondary N) is 3. The number of aromatic nitrogens is 1. The van der Waals surface area contributed by atoms with E-state index in [9.17, 15) is 19.5 Å². The molecule has 0 unspecified atom stereocenters. The van der Waals surface area contributed by atoms with Crippen LogP contribution in [0.4, 0.5) is 0 Å². The van der Waals surface area contributed by atoms with Gasteiger partial charge in [-0.25, -0.2) is 4.79 Å². The Morgan fingerprint density at radius 2 is 1.61 bits per heavy atom. The first-order valence-corrected chi connectivity index (χ1v) is 10.4. The number of hydrogen-bond acceptors (Lipinski definition) is 6. The molecule has 10 nitrogen and oxygen atoms in total. The number of benzene rings is 1. The van der Waals surface area contributed by atoms with Crippen LogP contribution < -0.4 is 27.8 Å². The van der Waals surface area contributed by atoms with Crippen LogP contribution in [0.5, 0.6) is 0 Å². The number of fused-ring (bicyclic) bond motifs is 1. The molecule has 0 saturated carbocycles. The Hall–Kier alpha value is -2.95. The highest BCUT2D eigenvalue weighted by molar-refractivity contribution is 5.92. The van der Waals surface area contributed by atoms with Gasteiger partial charge in [-0.15, -0.1) is 0 Å². The van der Waals surface area contributed by atoms with Crippen molar-refractivity contribution < 1.29 is 19.5 Å². The monoisotopic (exact) mass is 432 g/mol. The minimum absolute atomic E-state index is 0.0959. The van der Waals surface area contributed by atoms with Crippen molar-refractivity contribution in [1.29, 1.82) is 0 Å². The molecule has 0 spiro atoms. The lowest BCUT2D eigenvalue weighted by molar-refractivity contribution is -0.142. The number of hydrogen-bond donors (Lipinski definition) is 7. The maximum absolute atomic E-state index is 12.8. The smallest absolute Gasteiger partial charge is 0.326 e. The molecule has 1 heterocycles. The Kier molecular flexibility index (Phi) is 9.44. The molecule has 1 aromatic carbocycles. The molecule has 0 saturated heterocycles. The molecule has 0 radical (unpaired) electrons. The predicted molar refractivity (Wildman–Crippen MR) is 118 cm³/mol. The van der Waals surface area contributed by atoms with E-state index in [1.807, 2.05) is 24.3 Å². The van der Waals surface area contributed by atoms with Crippen molar-refractivity contribution >= 4 is 28.7 Å². The van der Waals surface area contributed by atoms with E-state index in [0.29, 0.717) is 32.4 Å². The quantitative estimate of drug-likeness (QED) is 0.223. The average molecular weight is 433 g/mol. The molecule has 10 heteroatoms. The number of carboxylic acid groups (broad SMARTS) is 1. The van der Waals surface area contributed by atoms with Crippen LogP contribution >= 0.6 is 0 Å². The molecule has 2 amide bonds. The molecule has 0 aliphatic carbocycles. The number of carbonyl (C=O) groups excluding carboxylic acids is 2. The van der Waals surface area contributed by atoms with Gasteiger partial charge in [0.1, 0.15) is 12.1 Å². The van der Waals surface area contributed by atoms with Crippen LogP contribution in [0, 0.1) is 0 Å². The van der Waals surface area contributed by atoms with Crippen molar-refractivity contribution in [3.63, 3.8) is 0 Å². The molecule has 2 aromatic rings. The van der Waals surface area contributed by atoms with E-state index in [1.165, 1.54) is 0 Å². The topological polar surface area (TPSA) is 189 Å². The number of carboxylic acids is 1. The van der Waals surface area contributed by atoms with E-state index >= 15 is 0 Å². The number of rotatable bonds is 13. The van der Waals surface area contributed by atoms with Crippen molar-refractivity contribution in [2.75, 3.05) is 13.1 Å². The lowest BCUT2D eigenvalue weighted by Gasteiger charge is -2.23. The summed E-state index contributed by atoms with van der Waals surface area (Å²) < 4.78 is 0. The number of para-hydroxylation sites is 1. The minimum atomic E-state index is -1.16. The fourth-order valence-electron chi connectivity index (χ4n) is 3.33. The van der Waals surface area contributed by atoms with Crippen LogP contribution in [0.3, 0.4) is 0 Å². The Bertz CT molecular complexity index is 884. The molecule has 0 fully saturated rings. The van der Waals surface area contributed by atoms with Gasteiger partial charge in [-0.05, 0) is 50.4 Å². The molecule has 0 aliphatic rings. The molecule has 1 aromatic heterocycles. The van der Waals surface area contributed by atoms with Crippen LogP contribution in [0.25, 0.3) is 10.9 Å². The summed E-state index contributed by atoms with van der Waals surface area (Å²) in [6, 6.07) is 4.63. The lowest BCUT2D eigenvalue weighted by Crippen LogP contribution is -2.55. The van der Waals surface area contributed by atoms with E-state index < -0.39 is 35.9 Å². The van der Waals surface area contributed by atoms with Crippen molar-refractivity contribution in [1.82, 2.24) is 15.6 Å². The highest BCUT2D eigenvalue weighted by Crippen LogP contribution is 2.19. The minimum Gasteiger partial charge on any atom is -0.480 e. The number of amides is 2. The number of nitrogens with two attached hydrogens (primary N) is 3. The van der Waals surface area contributed by atoms with Crippen LogP contribution in [-0.4, -0.2) is 59.1 Å².